The molecule has 1 aromatic carbocycles. The molecule has 0 atom stereocenters. The molecule has 154 valence electrons. The molecule has 12 heteroatoms. The molecule has 0 unspecified atom stereocenters. The van der Waals surface area contributed by atoms with Crippen LogP contribution >= 0.6 is 0 Å². The number of nitrogens with zero attached hydrogens (tertiary/aromatic N) is 4. The first-order valence-electron chi connectivity index (χ1n) is 8.44. The predicted molar refractivity (Wildman–Crippen MR) is 99.2 cm³/mol. The lowest BCUT2D eigenvalue weighted by atomic mass is 10.3. The highest BCUT2D eigenvalue weighted by Gasteiger charge is 2.35. The fraction of sp³-hybridized carbons (Fsp3) is 0.111. The first-order chi connectivity index (χ1) is 14.3. The number of fused-ring (bicyclic) bond motifs is 1. The fourth-order valence-corrected chi connectivity index (χ4v) is 2.60. The van der Waals surface area contributed by atoms with E-state index >= 15 is 0 Å². The van der Waals surface area contributed by atoms with E-state index in [1.54, 1.807) is 24.3 Å². The Kier molecular flexibility index (Phi) is 4.74. The summed E-state index contributed by atoms with van der Waals surface area (Å²) >= 11 is 0. The average Bonchev–Trinajstić information content (AvgIpc) is 3.31. The van der Waals surface area contributed by atoms with Gasteiger partial charge in [0.2, 0.25) is 5.88 Å². The smallest absolute Gasteiger partial charge is 0.436 e. The molecule has 0 saturated carbocycles. The number of rotatable bonds is 4. The highest BCUT2D eigenvalue weighted by Crippen LogP contribution is 2.30. The molecule has 9 nitrogen and oxygen atoms in total. The number of ether oxygens (including phenoxy) is 1. The number of aryl methyl sites for hydroxylation is 1. The topological polar surface area (TPSA) is 107 Å². The highest BCUT2D eigenvalue weighted by molar-refractivity contribution is 5.98. The van der Waals surface area contributed by atoms with E-state index in [1.807, 2.05) is 23.9 Å². The van der Waals surface area contributed by atoms with E-state index in [2.05, 4.69) is 30.0 Å². The van der Waals surface area contributed by atoms with Crippen LogP contribution in [-0.2, 0) is 13.2 Å². The van der Waals surface area contributed by atoms with E-state index in [1.165, 1.54) is 6.33 Å². The Morgan fingerprint density at radius 1 is 1.13 bits per heavy atom. The van der Waals surface area contributed by atoms with Crippen LogP contribution < -0.4 is 15.4 Å². The number of halogens is 3. The normalized spacial score (nSPS) is 11.5. The predicted octanol–water partition coefficient (Wildman–Crippen LogP) is 4.41. The van der Waals surface area contributed by atoms with Crippen molar-refractivity contribution in [2.45, 2.75) is 6.18 Å². The van der Waals surface area contributed by atoms with Gasteiger partial charge in [-0.1, -0.05) is 0 Å². The monoisotopic (exact) mass is 418 g/mol. The largest absolute Gasteiger partial charge is 0.437 e. The molecule has 4 rings (SSSR count). The van der Waals surface area contributed by atoms with Gasteiger partial charge in [-0.2, -0.15) is 23.1 Å². The minimum Gasteiger partial charge on any atom is -0.437 e. The molecule has 3 aromatic heterocycles. The van der Waals surface area contributed by atoms with Crippen LogP contribution in [0, 0.1) is 0 Å². The van der Waals surface area contributed by atoms with Gasteiger partial charge in [-0.3, -0.25) is 5.32 Å². The van der Waals surface area contributed by atoms with Gasteiger partial charge < -0.3 is 19.0 Å². The Balaban J connectivity index is 1.40. The van der Waals surface area contributed by atoms with Crippen molar-refractivity contribution < 1.29 is 27.1 Å². The number of amides is 2. The molecule has 2 amide bonds. The SMILES string of the molecule is Cn1ccc2ncnc(Oc3ccc(NC(=O)Nc4nc(C(F)(F)F)co4)cc3)c21. The average molecular weight is 418 g/mol. The number of alkyl halides is 3. The Morgan fingerprint density at radius 3 is 2.60 bits per heavy atom. The lowest BCUT2D eigenvalue weighted by Gasteiger charge is -2.09. The van der Waals surface area contributed by atoms with Crippen molar-refractivity contribution in [1.82, 2.24) is 19.5 Å². The number of urea groups is 1. The van der Waals surface area contributed by atoms with Crippen molar-refractivity contribution >= 4 is 28.8 Å². The Hall–Kier alpha value is -4.09. The summed E-state index contributed by atoms with van der Waals surface area (Å²) in [7, 11) is 1.84. The summed E-state index contributed by atoms with van der Waals surface area (Å²) < 4.78 is 49.7. The summed E-state index contributed by atoms with van der Waals surface area (Å²) in [5.74, 6) is 0.833. The van der Waals surface area contributed by atoms with Crippen molar-refractivity contribution in [1.29, 1.82) is 0 Å². The van der Waals surface area contributed by atoms with Gasteiger partial charge in [0.25, 0.3) is 0 Å². The molecule has 0 aliphatic carbocycles. The van der Waals surface area contributed by atoms with Gasteiger partial charge >= 0.3 is 18.2 Å². The zero-order valence-corrected chi connectivity index (χ0v) is 15.3. The Morgan fingerprint density at radius 2 is 1.90 bits per heavy atom. The number of hydrogen-bond acceptors (Lipinski definition) is 6. The number of benzene rings is 1. The molecule has 0 fully saturated rings. The van der Waals surface area contributed by atoms with Crippen LogP contribution in [0.3, 0.4) is 0 Å². The standard InChI is InChI=1S/C18H13F3N6O3/c1-27-7-6-12-14(27)15(23-9-22-12)30-11-4-2-10(3-5-11)24-16(28)26-17-25-13(8-29-17)18(19,20)21/h2-9H,1H3,(H2,24,25,26,28). The molecule has 0 saturated heterocycles. The number of hydrogen-bond donors (Lipinski definition) is 2. The number of nitrogens with one attached hydrogen (secondary N) is 2. The van der Waals surface area contributed by atoms with Crippen LogP contribution in [0.1, 0.15) is 5.69 Å². The summed E-state index contributed by atoms with van der Waals surface area (Å²) in [4.78, 5) is 23.4. The maximum absolute atomic E-state index is 12.5. The maximum atomic E-state index is 12.5. The number of carbonyl (C=O) groups is 1. The quantitative estimate of drug-likeness (QED) is 0.508. The molecule has 2 N–H and O–H groups in total. The van der Waals surface area contributed by atoms with E-state index in [0.29, 0.717) is 23.6 Å². The third-order valence-electron chi connectivity index (χ3n) is 3.97. The molecule has 0 bridgehead atoms. The highest BCUT2D eigenvalue weighted by atomic mass is 19.4. The van der Waals surface area contributed by atoms with E-state index in [4.69, 9.17) is 4.74 Å². The molecule has 0 radical (unpaired) electrons. The molecule has 30 heavy (non-hydrogen) atoms. The number of carbonyl (C=O) groups excluding carboxylic acids is 1. The van der Waals surface area contributed by atoms with E-state index in [9.17, 15) is 18.0 Å². The first-order valence-corrected chi connectivity index (χ1v) is 8.44. The van der Waals surface area contributed by atoms with Crippen LogP contribution in [0.15, 0.2) is 53.5 Å². The van der Waals surface area contributed by atoms with Crippen molar-refractivity contribution in [3.8, 4) is 11.6 Å². The van der Waals surface area contributed by atoms with Crippen LogP contribution in [0.2, 0.25) is 0 Å². The zero-order chi connectivity index (χ0) is 21.3. The van der Waals surface area contributed by atoms with E-state index in [-0.39, 0.29) is 0 Å². The van der Waals surface area contributed by atoms with Crippen molar-refractivity contribution in [3.63, 3.8) is 0 Å². The fourth-order valence-electron chi connectivity index (χ4n) is 2.60. The molecular weight excluding hydrogens is 405 g/mol. The van der Waals surface area contributed by atoms with Crippen LogP contribution in [0.5, 0.6) is 11.6 Å². The second-order valence-corrected chi connectivity index (χ2v) is 6.08. The van der Waals surface area contributed by atoms with Crippen molar-refractivity contribution in [2.75, 3.05) is 10.6 Å². The van der Waals surface area contributed by atoms with Gasteiger partial charge in [0.15, 0.2) is 5.69 Å². The van der Waals surface area contributed by atoms with Gasteiger partial charge in [0.1, 0.15) is 23.9 Å². The summed E-state index contributed by atoms with van der Waals surface area (Å²) in [6.07, 6.45) is -1.02. The number of oxazole rings is 1. The van der Waals surface area contributed by atoms with E-state index < -0.39 is 23.9 Å². The third-order valence-corrected chi connectivity index (χ3v) is 3.97. The summed E-state index contributed by atoms with van der Waals surface area (Å²) in [5.41, 5.74) is 0.589. The van der Waals surface area contributed by atoms with Crippen LogP contribution in [-0.4, -0.2) is 25.6 Å². The molecule has 0 aliphatic rings. The lowest BCUT2D eigenvalue weighted by Crippen LogP contribution is -2.19. The first kappa shape index (κ1) is 19.2. The molecule has 4 aromatic rings. The van der Waals surface area contributed by atoms with Gasteiger partial charge in [0.05, 0.1) is 5.52 Å². The van der Waals surface area contributed by atoms with Gasteiger partial charge in [-0.25, -0.2) is 9.78 Å². The van der Waals surface area contributed by atoms with Crippen LogP contribution in [0.4, 0.5) is 29.7 Å². The Bertz CT molecular complexity index is 1200. The van der Waals surface area contributed by atoms with Crippen molar-refractivity contribution in [3.05, 3.63) is 54.8 Å². The van der Waals surface area contributed by atoms with Crippen LogP contribution in [0.25, 0.3) is 11.0 Å². The van der Waals surface area contributed by atoms with Gasteiger partial charge in [0, 0.05) is 18.9 Å². The van der Waals surface area contributed by atoms with Gasteiger partial charge in [-0.05, 0) is 30.3 Å². The zero-order valence-electron chi connectivity index (χ0n) is 15.3. The Labute approximate surface area is 166 Å². The molecule has 0 aliphatic heterocycles. The molecule has 3 heterocycles. The second kappa shape index (κ2) is 7.39. The van der Waals surface area contributed by atoms with E-state index in [0.717, 1.165) is 11.0 Å². The number of aromatic nitrogens is 4. The maximum Gasteiger partial charge on any atom is 0.436 e. The molecule has 0 spiro atoms. The molecular formula is C18H13F3N6O3. The van der Waals surface area contributed by atoms with Crippen molar-refractivity contribution in [2.24, 2.45) is 7.05 Å². The summed E-state index contributed by atoms with van der Waals surface area (Å²) in [6, 6.07) is 6.74. The van der Waals surface area contributed by atoms with Gasteiger partial charge in [-0.15, -0.1) is 0 Å². The summed E-state index contributed by atoms with van der Waals surface area (Å²) in [5, 5.41) is 4.53. The summed E-state index contributed by atoms with van der Waals surface area (Å²) in [6.45, 7) is 0. The third kappa shape index (κ3) is 4.01. The number of anilines is 2. The minimum absolute atomic E-state index is 0.370. The lowest BCUT2D eigenvalue weighted by molar-refractivity contribution is -0.141. The second-order valence-electron chi connectivity index (χ2n) is 6.08. The minimum atomic E-state index is -4.66.